The Morgan fingerprint density at radius 3 is 2.47 bits per heavy atom. The van der Waals surface area contributed by atoms with Crippen LogP contribution < -0.4 is 4.74 Å². The van der Waals surface area contributed by atoms with Crippen molar-refractivity contribution in [3.05, 3.63) is 28.7 Å². The molecule has 1 aromatic carbocycles. The zero-order valence-electron chi connectivity index (χ0n) is 12.0. The van der Waals surface area contributed by atoms with Gasteiger partial charge in [-0.2, -0.15) is 0 Å². The number of rotatable bonds is 10. The highest BCUT2D eigenvalue weighted by atomic mass is 79.9. The second-order valence-corrected chi connectivity index (χ2v) is 5.75. The molecule has 1 unspecified atom stereocenters. The van der Waals surface area contributed by atoms with Crippen molar-refractivity contribution in [2.45, 2.75) is 52.1 Å². The topological polar surface area (TPSA) is 18.5 Å². The minimum absolute atomic E-state index is 0.338. The molecular formula is C16H25BrO2. The van der Waals surface area contributed by atoms with Crippen LogP contribution in [0.3, 0.4) is 0 Å². The maximum atomic E-state index is 5.73. The van der Waals surface area contributed by atoms with Crippen molar-refractivity contribution in [2.75, 3.05) is 13.2 Å². The lowest BCUT2D eigenvalue weighted by Crippen LogP contribution is -2.14. The molecule has 0 aliphatic carbocycles. The van der Waals surface area contributed by atoms with Crippen molar-refractivity contribution >= 4 is 15.9 Å². The molecule has 0 spiro atoms. The summed E-state index contributed by atoms with van der Waals surface area (Å²) in [4.78, 5) is 0. The lowest BCUT2D eigenvalue weighted by Gasteiger charge is -2.13. The Kier molecular flexibility index (Phi) is 8.93. The largest absolute Gasteiger partial charge is 0.491 e. The molecule has 0 amide bonds. The summed E-state index contributed by atoms with van der Waals surface area (Å²) in [5.74, 6) is 0.891. The molecule has 0 bridgehead atoms. The van der Waals surface area contributed by atoms with Gasteiger partial charge in [-0.05, 0) is 37.6 Å². The summed E-state index contributed by atoms with van der Waals surface area (Å²) in [5.41, 5.74) is 0. The first-order valence-corrected chi connectivity index (χ1v) is 8.01. The van der Waals surface area contributed by atoms with Gasteiger partial charge in [-0.15, -0.1) is 0 Å². The Balaban J connectivity index is 2.02. The van der Waals surface area contributed by atoms with Crippen LogP contribution in [0.5, 0.6) is 5.75 Å². The highest BCUT2D eigenvalue weighted by Crippen LogP contribution is 2.16. The van der Waals surface area contributed by atoms with E-state index in [1.807, 2.05) is 24.3 Å². The molecule has 0 N–H and O–H groups in total. The zero-order valence-corrected chi connectivity index (χ0v) is 13.6. The van der Waals surface area contributed by atoms with Crippen LogP contribution in [0.25, 0.3) is 0 Å². The number of benzene rings is 1. The number of hydrogen-bond acceptors (Lipinski definition) is 2. The monoisotopic (exact) mass is 328 g/mol. The lowest BCUT2D eigenvalue weighted by molar-refractivity contribution is 0.0384. The predicted molar refractivity (Wildman–Crippen MR) is 83.8 cm³/mol. The molecule has 0 saturated carbocycles. The van der Waals surface area contributed by atoms with E-state index in [0.29, 0.717) is 19.3 Å². The highest BCUT2D eigenvalue weighted by molar-refractivity contribution is 9.10. The van der Waals surface area contributed by atoms with E-state index in [1.54, 1.807) is 0 Å². The number of ether oxygens (including phenoxy) is 2. The van der Waals surface area contributed by atoms with Gasteiger partial charge in [0.2, 0.25) is 0 Å². The Hall–Kier alpha value is -0.540. The summed E-state index contributed by atoms with van der Waals surface area (Å²) < 4.78 is 12.4. The molecule has 1 aromatic rings. The van der Waals surface area contributed by atoms with Gasteiger partial charge in [0, 0.05) is 4.47 Å². The molecule has 2 nitrogen and oxygen atoms in total. The van der Waals surface area contributed by atoms with Crippen molar-refractivity contribution in [1.82, 2.24) is 0 Å². The Bertz CT molecular complexity index is 324. The molecule has 0 aliphatic heterocycles. The van der Waals surface area contributed by atoms with Crippen molar-refractivity contribution in [3.8, 4) is 5.75 Å². The van der Waals surface area contributed by atoms with E-state index >= 15 is 0 Å². The van der Waals surface area contributed by atoms with Crippen LogP contribution in [-0.4, -0.2) is 19.3 Å². The van der Waals surface area contributed by atoms with E-state index in [9.17, 15) is 0 Å². The third-order valence-electron chi connectivity index (χ3n) is 3.03. The first kappa shape index (κ1) is 16.5. The number of halogens is 1. The van der Waals surface area contributed by atoms with Gasteiger partial charge in [-0.25, -0.2) is 0 Å². The molecule has 0 saturated heterocycles. The van der Waals surface area contributed by atoms with Crippen molar-refractivity contribution in [3.63, 3.8) is 0 Å². The molecule has 3 heteroatoms. The van der Waals surface area contributed by atoms with Crippen LogP contribution in [0.15, 0.2) is 28.7 Å². The second kappa shape index (κ2) is 10.3. The first-order chi connectivity index (χ1) is 9.22. The minimum Gasteiger partial charge on any atom is -0.491 e. The van der Waals surface area contributed by atoms with Gasteiger partial charge in [0.15, 0.2) is 0 Å². The van der Waals surface area contributed by atoms with Crippen LogP contribution >= 0.6 is 15.9 Å². The zero-order chi connectivity index (χ0) is 13.9. The van der Waals surface area contributed by atoms with Gasteiger partial charge in [-0.1, -0.05) is 48.5 Å². The van der Waals surface area contributed by atoms with Gasteiger partial charge in [0.1, 0.15) is 12.4 Å². The van der Waals surface area contributed by atoms with Gasteiger partial charge >= 0.3 is 0 Å². The predicted octanol–water partition coefficient (Wildman–Crippen LogP) is 5.20. The van der Waals surface area contributed by atoms with Crippen molar-refractivity contribution in [1.29, 1.82) is 0 Å². The fourth-order valence-electron chi connectivity index (χ4n) is 1.88. The average Bonchev–Trinajstić information content (AvgIpc) is 2.42. The second-order valence-electron chi connectivity index (χ2n) is 4.83. The van der Waals surface area contributed by atoms with Crippen LogP contribution in [-0.2, 0) is 4.74 Å². The molecule has 0 radical (unpaired) electrons. The number of unbranched alkanes of at least 4 members (excludes halogenated alkanes) is 3. The third kappa shape index (κ3) is 8.27. The van der Waals surface area contributed by atoms with E-state index < -0.39 is 0 Å². The maximum Gasteiger partial charge on any atom is 0.119 e. The third-order valence-corrected chi connectivity index (χ3v) is 3.56. The Morgan fingerprint density at radius 2 is 1.79 bits per heavy atom. The molecule has 0 aromatic heterocycles. The fourth-order valence-corrected chi connectivity index (χ4v) is 2.15. The quantitative estimate of drug-likeness (QED) is 0.549. The van der Waals surface area contributed by atoms with E-state index in [2.05, 4.69) is 29.8 Å². The summed E-state index contributed by atoms with van der Waals surface area (Å²) in [5, 5.41) is 0. The maximum absolute atomic E-state index is 5.73. The van der Waals surface area contributed by atoms with Crippen LogP contribution in [0.4, 0.5) is 0 Å². The van der Waals surface area contributed by atoms with Crippen molar-refractivity contribution in [2.24, 2.45) is 0 Å². The summed E-state index contributed by atoms with van der Waals surface area (Å²) in [6.45, 7) is 5.65. The van der Waals surface area contributed by atoms with Crippen molar-refractivity contribution < 1.29 is 9.47 Å². The lowest BCUT2D eigenvalue weighted by atomic mass is 10.1. The van der Waals surface area contributed by atoms with E-state index in [-0.39, 0.29) is 0 Å². The highest BCUT2D eigenvalue weighted by Gasteiger charge is 2.02. The first-order valence-electron chi connectivity index (χ1n) is 7.22. The van der Waals surface area contributed by atoms with Crippen LogP contribution in [0.1, 0.15) is 46.0 Å². The van der Waals surface area contributed by atoms with E-state index in [1.165, 1.54) is 25.7 Å². The van der Waals surface area contributed by atoms with Crippen LogP contribution in [0.2, 0.25) is 0 Å². The molecule has 0 aliphatic rings. The normalized spacial score (nSPS) is 12.4. The summed E-state index contributed by atoms with van der Waals surface area (Å²) in [7, 11) is 0. The smallest absolute Gasteiger partial charge is 0.119 e. The average molecular weight is 329 g/mol. The summed E-state index contributed by atoms with van der Waals surface area (Å²) in [6.07, 6.45) is 6.70. The SMILES string of the molecule is CCCCCCC(C)OCCOc1ccc(Br)cc1. The van der Waals surface area contributed by atoms with Gasteiger partial charge in [0.25, 0.3) is 0 Å². The summed E-state index contributed by atoms with van der Waals surface area (Å²) in [6, 6.07) is 7.87. The number of hydrogen-bond donors (Lipinski definition) is 0. The minimum atomic E-state index is 0.338. The Labute approximate surface area is 125 Å². The molecule has 0 heterocycles. The summed E-state index contributed by atoms with van der Waals surface area (Å²) >= 11 is 3.40. The molecule has 19 heavy (non-hydrogen) atoms. The van der Waals surface area contributed by atoms with E-state index in [0.717, 1.165) is 16.6 Å². The van der Waals surface area contributed by atoms with Gasteiger partial charge < -0.3 is 9.47 Å². The standard InChI is InChI=1S/C16H25BrO2/c1-3-4-5-6-7-14(2)18-12-13-19-16-10-8-15(17)9-11-16/h8-11,14H,3-7,12-13H2,1-2H3. The molecule has 1 atom stereocenters. The van der Waals surface area contributed by atoms with Gasteiger partial charge in [-0.3, -0.25) is 0 Å². The molecule has 108 valence electrons. The molecular weight excluding hydrogens is 304 g/mol. The molecule has 0 fully saturated rings. The Morgan fingerprint density at radius 1 is 1.05 bits per heavy atom. The molecule has 1 rings (SSSR count). The van der Waals surface area contributed by atoms with Gasteiger partial charge in [0.05, 0.1) is 12.7 Å². The van der Waals surface area contributed by atoms with E-state index in [4.69, 9.17) is 9.47 Å². The fraction of sp³-hybridized carbons (Fsp3) is 0.625. The van der Waals surface area contributed by atoms with Crippen LogP contribution in [0, 0.1) is 0 Å².